The predicted molar refractivity (Wildman–Crippen MR) is 80.0 cm³/mol. The van der Waals surface area contributed by atoms with Crippen molar-refractivity contribution in [3.63, 3.8) is 0 Å². The molecule has 2 aromatic rings. The molecule has 2 nitrogen and oxygen atoms in total. The number of Topliss-reactive ketones (excluding diaryl/α,β-unsaturated/α-hetero) is 1. The maximum Gasteiger partial charge on any atom is 0.166 e. The largest absolute Gasteiger partial charge is 0.492 e. The van der Waals surface area contributed by atoms with Crippen molar-refractivity contribution in [1.29, 1.82) is 0 Å². The fourth-order valence-electron chi connectivity index (χ4n) is 1.61. The molecule has 0 aromatic heterocycles. The number of carbonyl (C=O) groups excluding carboxylic acids is 1. The molecule has 0 N–H and O–H groups in total. The van der Waals surface area contributed by atoms with E-state index < -0.39 is 0 Å². The van der Waals surface area contributed by atoms with E-state index in [4.69, 9.17) is 16.3 Å². The Kier molecular flexibility index (Phi) is 5.00. The zero-order chi connectivity index (χ0) is 13.7. The fraction of sp³-hybridized carbons (Fsp3) is 0.133. The minimum Gasteiger partial charge on any atom is -0.492 e. The van der Waals surface area contributed by atoms with Gasteiger partial charge in [-0.15, -0.1) is 0 Å². The molecule has 0 atom stereocenters. The fourth-order valence-corrected chi connectivity index (χ4v) is 2.41. The third-order valence-electron chi connectivity index (χ3n) is 2.58. The summed E-state index contributed by atoms with van der Waals surface area (Å²) in [6.07, 6.45) is 0.346. The lowest BCUT2D eigenvalue weighted by molar-refractivity contribution is 0.0962. The molecular formula is C15H12BrClO2. The van der Waals surface area contributed by atoms with Gasteiger partial charge < -0.3 is 4.74 Å². The van der Waals surface area contributed by atoms with E-state index in [1.165, 1.54) is 0 Å². The summed E-state index contributed by atoms with van der Waals surface area (Å²) in [5.41, 5.74) is 0.710. The Morgan fingerprint density at radius 1 is 1.16 bits per heavy atom. The third kappa shape index (κ3) is 4.08. The molecule has 98 valence electrons. The first-order chi connectivity index (χ1) is 9.16. The minimum atomic E-state index is 0.0747. The molecule has 0 aliphatic heterocycles. The van der Waals surface area contributed by atoms with Gasteiger partial charge in [0.1, 0.15) is 5.75 Å². The summed E-state index contributed by atoms with van der Waals surface area (Å²) >= 11 is 9.21. The van der Waals surface area contributed by atoms with Crippen molar-refractivity contribution < 1.29 is 9.53 Å². The number of ether oxygens (including phenoxy) is 1. The molecule has 2 aromatic carbocycles. The van der Waals surface area contributed by atoms with Gasteiger partial charge in [0, 0.05) is 17.0 Å². The summed E-state index contributed by atoms with van der Waals surface area (Å²) in [6, 6.07) is 14.5. The predicted octanol–water partition coefficient (Wildman–Crippen LogP) is 4.75. The molecule has 0 heterocycles. The van der Waals surface area contributed by atoms with Crippen LogP contribution in [0.4, 0.5) is 0 Å². The highest BCUT2D eigenvalue weighted by atomic mass is 79.9. The van der Waals surface area contributed by atoms with Crippen molar-refractivity contribution >= 4 is 33.3 Å². The summed E-state index contributed by atoms with van der Waals surface area (Å²) in [6.45, 7) is 0.341. The first kappa shape index (κ1) is 14.1. The highest BCUT2D eigenvalue weighted by Gasteiger charge is 2.06. The van der Waals surface area contributed by atoms with Gasteiger partial charge in [0.05, 0.1) is 11.1 Å². The second kappa shape index (κ2) is 6.73. The maximum absolute atomic E-state index is 11.9. The van der Waals surface area contributed by atoms with Crippen molar-refractivity contribution in [2.75, 3.05) is 6.61 Å². The molecule has 0 aliphatic carbocycles. The lowest BCUT2D eigenvalue weighted by Gasteiger charge is -2.08. The molecule has 0 saturated carbocycles. The van der Waals surface area contributed by atoms with Crippen molar-refractivity contribution in [2.45, 2.75) is 6.42 Å². The van der Waals surface area contributed by atoms with Gasteiger partial charge in [-0.2, -0.15) is 0 Å². The maximum atomic E-state index is 11.9. The Labute approximate surface area is 125 Å². The zero-order valence-electron chi connectivity index (χ0n) is 10.1. The molecule has 0 spiro atoms. The molecule has 2 rings (SSSR count). The summed E-state index contributed by atoms with van der Waals surface area (Å²) in [5.74, 6) is 0.760. The van der Waals surface area contributed by atoms with E-state index in [-0.39, 0.29) is 5.78 Å². The van der Waals surface area contributed by atoms with Crippen LogP contribution in [-0.4, -0.2) is 12.4 Å². The van der Waals surface area contributed by atoms with Crippen LogP contribution in [0.15, 0.2) is 53.0 Å². The number of benzene rings is 2. The normalized spacial score (nSPS) is 10.2. The van der Waals surface area contributed by atoms with Crippen LogP contribution in [0.25, 0.3) is 0 Å². The van der Waals surface area contributed by atoms with E-state index in [0.717, 1.165) is 4.47 Å². The van der Waals surface area contributed by atoms with Crippen molar-refractivity contribution in [2.24, 2.45) is 0 Å². The molecule has 4 heteroatoms. The van der Waals surface area contributed by atoms with Crippen LogP contribution < -0.4 is 4.74 Å². The SMILES string of the molecule is O=C(CCOc1ccc(Cl)cc1Br)c1ccccc1. The van der Waals surface area contributed by atoms with Crippen LogP contribution in [-0.2, 0) is 0 Å². The van der Waals surface area contributed by atoms with Crippen LogP contribution in [0.1, 0.15) is 16.8 Å². The third-order valence-corrected chi connectivity index (χ3v) is 3.43. The van der Waals surface area contributed by atoms with Gasteiger partial charge >= 0.3 is 0 Å². The number of ketones is 1. The van der Waals surface area contributed by atoms with E-state index in [0.29, 0.717) is 29.4 Å². The standard InChI is InChI=1S/C15H12BrClO2/c16-13-10-12(17)6-7-15(13)19-9-8-14(18)11-4-2-1-3-5-11/h1-7,10H,8-9H2. The summed E-state index contributed by atoms with van der Waals surface area (Å²) in [7, 11) is 0. The molecule has 0 aliphatic rings. The van der Waals surface area contributed by atoms with Crippen LogP contribution in [0.3, 0.4) is 0 Å². The first-order valence-corrected chi connectivity index (χ1v) is 7.00. The summed E-state index contributed by atoms with van der Waals surface area (Å²) in [5, 5.41) is 0.639. The van der Waals surface area contributed by atoms with Crippen LogP contribution in [0, 0.1) is 0 Å². The molecule has 0 fully saturated rings. The highest BCUT2D eigenvalue weighted by Crippen LogP contribution is 2.28. The Morgan fingerprint density at radius 3 is 2.58 bits per heavy atom. The van der Waals surface area contributed by atoms with Gasteiger partial charge in [0.25, 0.3) is 0 Å². The average molecular weight is 340 g/mol. The Bertz CT molecular complexity index is 570. The summed E-state index contributed by atoms with van der Waals surface area (Å²) < 4.78 is 6.34. The number of hydrogen-bond acceptors (Lipinski definition) is 2. The van der Waals surface area contributed by atoms with Crippen LogP contribution >= 0.6 is 27.5 Å². The first-order valence-electron chi connectivity index (χ1n) is 5.83. The molecular weight excluding hydrogens is 328 g/mol. The molecule has 0 unspecified atom stereocenters. The zero-order valence-corrected chi connectivity index (χ0v) is 12.4. The van der Waals surface area contributed by atoms with E-state index in [1.807, 2.05) is 18.2 Å². The minimum absolute atomic E-state index is 0.0747. The molecule has 0 radical (unpaired) electrons. The van der Waals surface area contributed by atoms with E-state index in [9.17, 15) is 4.79 Å². The van der Waals surface area contributed by atoms with Crippen LogP contribution in [0.5, 0.6) is 5.75 Å². The van der Waals surface area contributed by atoms with Gasteiger partial charge in [-0.25, -0.2) is 0 Å². The highest BCUT2D eigenvalue weighted by molar-refractivity contribution is 9.10. The second-order valence-electron chi connectivity index (χ2n) is 3.96. The Balaban J connectivity index is 1.88. The van der Waals surface area contributed by atoms with Gasteiger partial charge in [-0.3, -0.25) is 4.79 Å². The quantitative estimate of drug-likeness (QED) is 0.735. The van der Waals surface area contributed by atoms with E-state index in [1.54, 1.807) is 30.3 Å². The van der Waals surface area contributed by atoms with Crippen molar-refractivity contribution in [3.05, 3.63) is 63.6 Å². The second-order valence-corrected chi connectivity index (χ2v) is 5.25. The Hall–Kier alpha value is -1.32. The number of carbonyl (C=O) groups is 1. The van der Waals surface area contributed by atoms with Gasteiger partial charge in [-0.1, -0.05) is 41.9 Å². The summed E-state index contributed by atoms with van der Waals surface area (Å²) in [4.78, 5) is 11.9. The molecule has 0 bridgehead atoms. The number of hydrogen-bond donors (Lipinski definition) is 0. The topological polar surface area (TPSA) is 26.3 Å². The number of rotatable bonds is 5. The van der Waals surface area contributed by atoms with Crippen molar-refractivity contribution in [3.8, 4) is 5.75 Å². The molecule has 0 saturated heterocycles. The van der Waals surface area contributed by atoms with Gasteiger partial charge in [0.15, 0.2) is 5.78 Å². The van der Waals surface area contributed by atoms with E-state index >= 15 is 0 Å². The van der Waals surface area contributed by atoms with Gasteiger partial charge in [0.2, 0.25) is 0 Å². The van der Waals surface area contributed by atoms with Gasteiger partial charge in [-0.05, 0) is 34.1 Å². The van der Waals surface area contributed by atoms with Crippen molar-refractivity contribution in [1.82, 2.24) is 0 Å². The molecule has 19 heavy (non-hydrogen) atoms. The van der Waals surface area contributed by atoms with Crippen LogP contribution in [0.2, 0.25) is 5.02 Å². The lowest BCUT2D eigenvalue weighted by atomic mass is 10.1. The van der Waals surface area contributed by atoms with E-state index in [2.05, 4.69) is 15.9 Å². The molecule has 0 amide bonds. The monoisotopic (exact) mass is 338 g/mol. The lowest BCUT2D eigenvalue weighted by Crippen LogP contribution is -2.06. The number of halogens is 2. The smallest absolute Gasteiger partial charge is 0.166 e. The Morgan fingerprint density at radius 2 is 1.89 bits per heavy atom. The average Bonchev–Trinajstić information content (AvgIpc) is 2.42.